The molecule has 0 saturated carbocycles. The van der Waals surface area contributed by atoms with E-state index in [0.717, 1.165) is 60.1 Å². The monoisotopic (exact) mass is 1150 g/mol. The summed E-state index contributed by atoms with van der Waals surface area (Å²) in [4.78, 5) is 0. The minimum atomic E-state index is -6.00. The van der Waals surface area contributed by atoms with Crippen molar-refractivity contribution >= 4 is 150 Å². The molecule has 0 atom stereocenters. The number of aromatic nitrogens is 12. The Morgan fingerprint density at radius 2 is 0.516 bits per heavy atom. The summed E-state index contributed by atoms with van der Waals surface area (Å²) in [6.45, 7) is -3.21. The van der Waals surface area contributed by atoms with Gasteiger partial charge in [0.25, 0.3) is 0 Å². The molecule has 0 aliphatic carbocycles. The Hall–Kier alpha value is -2.34. The average molecular weight is 1150 g/mol. The van der Waals surface area contributed by atoms with E-state index in [1.54, 1.807) is 0 Å². The van der Waals surface area contributed by atoms with E-state index in [2.05, 4.69) is 90.4 Å². The van der Waals surface area contributed by atoms with Crippen LogP contribution in [0.3, 0.4) is 0 Å². The number of halogens is 10. The fourth-order valence-corrected chi connectivity index (χ4v) is 9.59. The SMILES string of the molecule is ClC(Cl)Cl.ClC(Cl)Cl.F[B-](F)(F)F.[Co+3].c1ccc([B-](n2cpcn2)(n2cpcn2)n2cpcn2)cc1.c1ccc([B-](n2cpcn2)(n2cpcn2)n2cpcn2)cc1.c1ccccc1. The number of hydrogen-bond donors (Lipinski definition) is 0. The predicted octanol–water partition coefficient (Wildman–Crippen LogP) is 12.6. The summed E-state index contributed by atoms with van der Waals surface area (Å²) in [6, 6.07) is 32.6. The topological polar surface area (TPSA) is 107 Å². The average Bonchev–Trinajstić information content (AvgIpc) is 4.12. The summed E-state index contributed by atoms with van der Waals surface area (Å²) in [5.74, 6) is 23.7. The van der Waals surface area contributed by atoms with Gasteiger partial charge >= 0.3 is 37.1 Å². The number of rotatable bonds is 8. The van der Waals surface area contributed by atoms with Crippen LogP contribution < -0.4 is 10.9 Å². The van der Waals surface area contributed by atoms with Gasteiger partial charge in [-0.1, -0.05) is 167 Å². The molecule has 9 rings (SSSR count). The Morgan fingerprint density at radius 1 is 0.359 bits per heavy atom. The van der Waals surface area contributed by atoms with Crippen molar-refractivity contribution in [3.05, 3.63) is 168 Å². The normalized spacial score (nSPS) is 13.1. The number of alkyl halides is 6. The maximum atomic E-state index is 9.75. The third-order valence-electron chi connectivity index (χ3n) is 7.99. The van der Waals surface area contributed by atoms with Crippen LogP contribution in [0.25, 0.3) is 0 Å². The van der Waals surface area contributed by atoms with E-state index in [-0.39, 0.29) is 16.8 Å². The standard InChI is InChI=1S/2C12H11BN6P3.C6H6.2CHCl3.BF4.Co/c2*1-2-4-12(5-3-1)13(17-9-20-6-14-17,18-10-21-7-15-18)19-11-22-8-16-19;1-2-4-6-5-3-1;2*2-1(3)4;2-1(3,4)5;/h2*1-11H;1-6H;2*1H;;/q2*-1;;;;-1;+3. The molecule has 0 N–H and O–H groups in total. The van der Waals surface area contributed by atoms with Crippen molar-refractivity contribution < 1.29 is 34.0 Å². The second-order valence-corrected chi connectivity index (χ2v) is 20.2. The van der Waals surface area contributed by atoms with Gasteiger partial charge in [0.2, 0.25) is 0 Å². The van der Waals surface area contributed by atoms with Gasteiger partial charge < -0.3 is 44.8 Å². The van der Waals surface area contributed by atoms with Crippen molar-refractivity contribution in [2.45, 2.75) is 8.59 Å². The van der Waals surface area contributed by atoms with Gasteiger partial charge in [-0.05, 0) is 49.2 Å². The molecule has 0 spiro atoms. The molecule has 0 amide bonds. The molecule has 0 bridgehead atoms. The third-order valence-corrected chi connectivity index (χ3v) is 11.6. The molecule has 6 heterocycles. The van der Waals surface area contributed by atoms with Crippen molar-refractivity contribution in [3.63, 3.8) is 0 Å². The molecule has 0 unspecified atom stereocenters. The first kappa shape index (κ1) is 56.0. The fraction of sp³-hybridized carbons (Fsp3) is 0.0625. The minimum absolute atomic E-state index is 0. The van der Waals surface area contributed by atoms with Crippen molar-refractivity contribution in [1.82, 2.24) is 58.1 Å². The van der Waals surface area contributed by atoms with Crippen LogP contribution in [0.1, 0.15) is 0 Å². The molecule has 0 radical (unpaired) electrons. The van der Waals surface area contributed by atoms with Crippen LogP contribution in [-0.4, -0.2) is 87.1 Å². The number of nitrogens with zero attached hydrogens (tertiary/aromatic N) is 12. The molecule has 3 aromatic carbocycles. The largest absolute Gasteiger partial charge is 3.00 e. The molecular weight excluding hydrogens is 1120 g/mol. The van der Waals surface area contributed by atoms with Crippen molar-refractivity contribution in [2.24, 2.45) is 0 Å². The van der Waals surface area contributed by atoms with Crippen molar-refractivity contribution in [2.75, 3.05) is 0 Å². The van der Waals surface area contributed by atoms with Crippen LogP contribution in [0, 0.1) is 0 Å². The molecule has 0 aliphatic heterocycles. The molecule has 64 heavy (non-hydrogen) atoms. The van der Waals surface area contributed by atoms with Crippen LogP contribution in [0.2, 0.25) is 0 Å². The first-order chi connectivity index (χ1) is 30.3. The van der Waals surface area contributed by atoms with Crippen LogP contribution in [-0.2, 0) is 16.8 Å². The van der Waals surface area contributed by atoms with E-state index in [1.807, 2.05) is 136 Å². The molecule has 9 aromatic rings. The van der Waals surface area contributed by atoms with Gasteiger partial charge in [-0.15, -0.1) is 10.9 Å². The number of benzene rings is 3. The summed E-state index contributed by atoms with van der Waals surface area (Å²) in [5, 5.41) is 27.4. The Labute approximate surface area is 415 Å². The van der Waals surface area contributed by atoms with Crippen LogP contribution in [0.5, 0.6) is 0 Å². The summed E-state index contributed by atoms with van der Waals surface area (Å²) in [7, 11) is 0.395. The Morgan fingerprint density at radius 3 is 0.656 bits per heavy atom. The maximum Gasteiger partial charge on any atom is 3.00 e. The second kappa shape index (κ2) is 29.4. The summed E-state index contributed by atoms with van der Waals surface area (Å²) in [6.07, 6.45) is 0. The van der Waals surface area contributed by atoms with Gasteiger partial charge in [-0.25, -0.2) is 30.6 Å². The summed E-state index contributed by atoms with van der Waals surface area (Å²) >= 11 is 28.8. The summed E-state index contributed by atoms with van der Waals surface area (Å²) in [5.41, 5.74) is 2.23. The third kappa shape index (κ3) is 17.1. The van der Waals surface area contributed by atoms with E-state index in [4.69, 9.17) is 69.6 Å². The Balaban J connectivity index is 0.000000241. The minimum Gasteiger partial charge on any atom is -0.418 e. The van der Waals surface area contributed by atoms with Gasteiger partial charge in [-0.3, -0.25) is 0 Å². The smallest absolute Gasteiger partial charge is 0.418 e. The quantitative estimate of drug-likeness (QED) is 0.0852. The Kier molecular flexibility index (Phi) is 25.7. The van der Waals surface area contributed by atoms with Crippen molar-refractivity contribution in [3.8, 4) is 0 Å². The molecule has 0 fully saturated rings. The number of hydrogen-bond acceptors (Lipinski definition) is 6. The van der Waals surface area contributed by atoms with Crippen LogP contribution in [0.4, 0.5) is 17.3 Å². The maximum absolute atomic E-state index is 9.75. The molecule has 0 saturated heterocycles. The zero-order valence-corrected chi connectivity index (χ0v) is 43.2. The van der Waals surface area contributed by atoms with E-state index in [9.17, 15) is 17.3 Å². The van der Waals surface area contributed by atoms with E-state index in [0.29, 0.717) is 0 Å². The first-order valence-electron chi connectivity index (χ1n) is 17.5. The zero-order chi connectivity index (χ0) is 45.6. The fourth-order valence-electron chi connectivity index (χ4n) is 5.87. The summed E-state index contributed by atoms with van der Waals surface area (Å²) < 4.78 is 49.4. The van der Waals surface area contributed by atoms with Crippen molar-refractivity contribution in [1.29, 1.82) is 0 Å². The Bertz CT molecular complexity index is 2110. The van der Waals surface area contributed by atoms with Gasteiger partial charge in [0, 0.05) is 35.6 Å². The van der Waals surface area contributed by atoms with Crippen LogP contribution >= 0.6 is 119 Å². The molecule has 6 aromatic heterocycles. The molecular formula is C32H30B3Cl6CoF4N12P6. The molecule has 0 aliphatic rings. The van der Waals surface area contributed by atoms with Crippen LogP contribution in [0.15, 0.2) is 168 Å². The van der Waals surface area contributed by atoms with E-state index >= 15 is 0 Å². The molecule has 336 valence electrons. The first-order valence-corrected chi connectivity index (χ1v) is 26.3. The zero-order valence-electron chi connectivity index (χ0n) is 32.2. The molecule has 32 heteroatoms. The van der Waals surface area contributed by atoms with E-state index in [1.165, 1.54) is 0 Å². The van der Waals surface area contributed by atoms with E-state index < -0.39 is 28.9 Å². The van der Waals surface area contributed by atoms with Gasteiger partial charge in [0.1, 0.15) is 0 Å². The van der Waals surface area contributed by atoms with Gasteiger partial charge in [-0.2, -0.15) is 0 Å². The second-order valence-electron chi connectivity index (χ2n) is 11.7. The van der Waals surface area contributed by atoms with Gasteiger partial charge in [0.15, 0.2) is 8.59 Å². The molecule has 12 nitrogen and oxygen atoms in total. The van der Waals surface area contributed by atoms with Gasteiger partial charge in [0.05, 0.1) is 35.6 Å². The predicted molar refractivity (Wildman–Crippen MR) is 264 cm³/mol.